The molecule has 0 N–H and O–H groups in total. The van der Waals surface area contributed by atoms with Gasteiger partial charge in [-0.25, -0.2) is 4.79 Å². The molecule has 0 amide bonds. The van der Waals surface area contributed by atoms with E-state index < -0.39 is 12.6 Å². The van der Waals surface area contributed by atoms with Gasteiger partial charge in [0.1, 0.15) is 0 Å². The molecule has 0 aliphatic carbocycles. The molecule has 0 atom stereocenters. The molecule has 0 aliphatic rings. The molecule has 0 aromatic heterocycles. The first-order valence-corrected chi connectivity index (χ1v) is 5.85. The first-order valence-electron chi connectivity index (χ1n) is 5.85. The Balaban J connectivity index is 3.32. The average Bonchev–Trinajstić information content (AvgIpc) is 2.21. The van der Waals surface area contributed by atoms with Gasteiger partial charge in [-0.2, -0.15) is 13.2 Å². The molecule has 0 saturated heterocycles. The summed E-state index contributed by atoms with van der Waals surface area (Å²) in [5, 5.41) is 0. The molecule has 0 rings (SSSR count). The largest absolute Gasteiger partial charge is 0.463 e. The zero-order chi connectivity index (χ0) is 13.1. The molecule has 0 aromatic rings. The van der Waals surface area contributed by atoms with Crippen molar-refractivity contribution in [3.8, 4) is 0 Å². The highest BCUT2D eigenvalue weighted by atomic mass is 19.4. The SMILES string of the molecule is CCOC(=O)/C=C/CCCCCCC(F)(F)F. The molecule has 0 aliphatic heterocycles. The van der Waals surface area contributed by atoms with Gasteiger partial charge in [0, 0.05) is 12.5 Å². The molecule has 0 saturated carbocycles. The Morgan fingerprint density at radius 3 is 2.41 bits per heavy atom. The maximum Gasteiger partial charge on any atom is 0.389 e. The smallest absolute Gasteiger partial charge is 0.389 e. The van der Waals surface area contributed by atoms with Crippen LogP contribution in [0.4, 0.5) is 13.2 Å². The number of hydrogen-bond acceptors (Lipinski definition) is 2. The molecule has 0 bridgehead atoms. The summed E-state index contributed by atoms with van der Waals surface area (Å²) < 4.78 is 40.0. The zero-order valence-corrected chi connectivity index (χ0v) is 10.1. The number of ether oxygens (including phenoxy) is 1. The Hall–Kier alpha value is -1.00. The molecule has 2 nitrogen and oxygen atoms in total. The van der Waals surface area contributed by atoms with Gasteiger partial charge in [0.05, 0.1) is 6.61 Å². The quantitative estimate of drug-likeness (QED) is 0.370. The number of unbranched alkanes of at least 4 members (excludes halogenated alkanes) is 4. The van der Waals surface area contributed by atoms with E-state index in [1.807, 2.05) is 0 Å². The van der Waals surface area contributed by atoms with E-state index >= 15 is 0 Å². The topological polar surface area (TPSA) is 26.3 Å². The van der Waals surface area contributed by atoms with Gasteiger partial charge in [0.15, 0.2) is 0 Å². The van der Waals surface area contributed by atoms with Crippen molar-refractivity contribution >= 4 is 5.97 Å². The van der Waals surface area contributed by atoms with E-state index in [1.54, 1.807) is 13.0 Å². The summed E-state index contributed by atoms with van der Waals surface area (Å²) in [6.45, 7) is 2.08. The van der Waals surface area contributed by atoms with Crippen LogP contribution in [0.3, 0.4) is 0 Å². The van der Waals surface area contributed by atoms with Gasteiger partial charge in [-0.1, -0.05) is 18.9 Å². The number of allylic oxidation sites excluding steroid dienone is 1. The summed E-state index contributed by atoms with van der Waals surface area (Å²) in [7, 11) is 0. The van der Waals surface area contributed by atoms with E-state index in [4.69, 9.17) is 0 Å². The van der Waals surface area contributed by atoms with Crippen LogP contribution >= 0.6 is 0 Å². The van der Waals surface area contributed by atoms with Crippen LogP contribution < -0.4 is 0 Å². The molecule has 0 aromatic carbocycles. The number of rotatable bonds is 8. The Morgan fingerprint density at radius 1 is 1.18 bits per heavy atom. The van der Waals surface area contributed by atoms with Crippen molar-refractivity contribution in [2.75, 3.05) is 6.61 Å². The number of carbonyl (C=O) groups is 1. The Labute approximate surface area is 99.8 Å². The molecule has 17 heavy (non-hydrogen) atoms. The lowest BCUT2D eigenvalue weighted by atomic mass is 10.1. The number of esters is 1. The van der Waals surface area contributed by atoms with Crippen LogP contribution in [0, 0.1) is 0 Å². The summed E-state index contributed by atoms with van der Waals surface area (Å²) in [5.41, 5.74) is 0. The third-order valence-corrected chi connectivity index (χ3v) is 2.12. The van der Waals surface area contributed by atoms with Crippen molar-refractivity contribution in [2.45, 2.75) is 51.6 Å². The number of carbonyl (C=O) groups excluding carboxylic acids is 1. The van der Waals surface area contributed by atoms with Crippen LogP contribution in [0.1, 0.15) is 45.4 Å². The monoisotopic (exact) mass is 252 g/mol. The normalized spacial score (nSPS) is 12.0. The second-order valence-corrected chi connectivity index (χ2v) is 3.72. The molecular formula is C12H19F3O2. The lowest BCUT2D eigenvalue weighted by Gasteiger charge is -2.04. The summed E-state index contributed by atoms with van der Waals surface area (Å²) in [6, 6.07) is 0. The van der Waals surface area contributed by atoms with Crippen LogP contribution in [-0.4, -0.2) is 18.8 Å². The Bertz CT molecular complexity index is 234. The van der Waals surface area contributed by atoms with Crippen LogP contribution in [0.25, 0.3) is 0 Å². The number of halogens is 3. The van der Waals surface area contributed by atoms with E-state index in [0.717, 1.165) is 12.8 Å². The van der Waals surface area contributed by atoms with Gasteiger partial charge in [-0.15, -0.1) is 0 Å². The standard InChI is InChI=1S/C12H19F3O2/c1-2-17-11(16)9-7-5-3-4-6-8-10-12(13,14)15/h7,9H,2-6,8,10H2,1H3/b9-7+. The van der Waals surface area contributed by atoms with Gasteiger partial charge < -0.3 is 4.74 Å². The fourth-order valence-electron chi connectivity index (χ4n) is 1.31. The van der Waals surface area contributed by atoms with Crippen LogP contribution in [0.15, 0.2) is 12.2 Å². The fourth-order valence-corrected chi connectivity index (χ4v) is 1.31. The lowest BCUT2D eigenvalue weighted by molar-refractivity contribution is -0.137. The molecular weight excluding hydrogens is 233 g/mol. The van der Waals surface area contributed by atoms with Crippen molar-refractivity contribution in [2.24, 2.45) is 0 Å². The van der Waals surface area contributed by atoms with Gasteiger partial charge in [0.25, 0.3) is 0 Å². The van der Waals surface area contributed by atoms with E-state index in [-0.39, 0.29) is 12.4 Å². The third kappa shape index (κ3) is 12.9. The first kappa shape index (κ1) is 16.0. The predicted molar refractivity (Wildman–Crippen MR) is 59.5 cm³/mol. The predicted octanol–water partition coefficient (Wildman–Crippen LogP) is 4.01. The fraction of sp³-hybridized carbons (Fsp3) is 0.750. The van der Waals surface area contributed by atoms with Gasteiger partial charge in [0.2, 0.25) is 0 Å². The number of alkyl halides is 3. The lowest BCUT2D eigenvalue weighted by Crippen LogP contribution is -2.06. The molecule has 0 spiro atoms. The number of hydrogen-bond donors (Lipinski definition) is 0. The van der Waals surface area contributed by atoms with Crippen molar-refractivity contribution in [3.05, 3.63) is 12.2 Å². The maximum absolute atomic E-state index is 11.8. The molecule has 0 heterocycles. The highest BCUT2D eigenvalue weighted by Crippen LogP contribution is 2.22. The van der Waals surface area contributed by atoms with Crippen molar-refractivity contribution in [1.82, 2.24) is 0 Å². The van der Waals surface area contributed by atoms with E-state index in [0.29, 0.717) is 19.4 Å². The average molecular weight is 252 g/mol. The van der Waals surface area contributed by atoms with Crippen molar-refractivity contribution in [3.63, 3.8) is 0 Å². The summed E-state index contributed by atoms with van der Waals surface area (Å²) in [4.78, 5) is 10.9. The minimum atomic E-state index is -4.04. The molecule has 100 valence electrons. The third-order valence-electron chi connectivity index (χ3n) is 2.12. The highest BCUT2D eigenvalue weighted by Gasteiger charge is 2.25. The molecule has 0 unspecified atom stereocenters. The molecule has 5 heteroatoms. The van der Waals surface area contributed by atoms with E-state index in [2.05, 4.69) is 4.74 Å². The van der Waals surface area contributed by atoms with Gasteiger partial charge in [-0.3, -0.25) is 0 Å². The highest BCUT2D eigenvalue weighted by molar-refractivity contribution is 5.81. The van der Waals surface area contributed by atoms with Crippen LogP contribution in [0.5, 0.6) is 0 Å². The van der Waals surface area contributed by atoms with E-state index in [9.17, 15) is 18.0 Å². The van der Waals surface area contributed by atoms with E-state index in [1.165, 1.54) is 6.08 Å². The van der Waals surface area contributed by atoms with Crippen molar-refractivity contribution < 1.29 is 22.7 Å². The van der Waals surface area contributed by atoms with Crippen LogP contribution in [0.2, 0.25) is 0 Å². The molecule has 0 radical (unpaired) electrons. The second-order valence-electron chi connectivity index (χ2n) is 3.72. The molecule has 0 fully saturated rings. The summed E-state index contributed by atoms with van der Waals surface area (Å²) in [6.07, 6.45) is 1.33. The van der Waals surface area contributed by atoms with Crippen molar-refractivity contribution in [1.29, 1.82) is 0 Å². The minimum Gasteiger partial charge on any atom is -0.463 e. The first-order chi connectivity index (χ1) is 7.95. The van der Waals surface area contributed by atoms with Gasteiger partial charge in [-0.05, 0) is 26.2 Å². The second kappa shape index (κ2) is 9.07. The Morgan fingerprint density at radius 2 is 1.82 bits per heavy atom. The maximum atomic E-state index is 11.8. The van der Waals surface area contributed by atoms with Gasteiger partial charge >= 0.3 is 12.1 Å². The minimum absolute atomic E-state index is 0.186. The Kier molecular flexibility index (Phi) is 8.54. The summed E-state index contributed by atoms with van der Waals surface area (Å²) >= 11 is 0. The zero-order valence-electron chi connectivity index (χ0n) is 10.1. The van der Waals surface area contributed by atoms with Crippen LogP contribution in [-0.2, 0) is 9.53 Å². The summed E-state index contributed by atoms with van der Waals surface area (Å²) in [5.74, 6) is -0.371.